The number of benzene rings is 2. The van der Waals surface area contributed by atoms with Crippen molar-refractivity contribution in [3.05, 3.63) is 70.3 Å². The molecule has 0 amide bonds. The van der Waals surface area contributed by atoms with Crippen molar-refractivity contribution < 1.29 is 28.7 Å². The Balaban J connectivity index is 2.05. The van der Waals surface area contributed by atoms with Gasteiger partial charge in [-0.1, -0.05) is 18.2 Å². The average Bonchev–Trinajstić information content (AvgIpc) is 2.56. The van der Waals surface area contributed by atoms with Crippen LogP contribution in [-0.2, 0) is 14.3 Å². The van der Waals surface area contributed by atoms with Gasteiger partial charge < -0.3 is 14.2 Å². The van der Waals surface area contributed by atoms with E-state index in [2.05, 4.69) is 4.74 Å². The number of non-ortho nitro benzene ring substituents is 1. The number of nitro benzene ring substituents is 1. The van der Waals surface area contributed by atoms with E-state index in [1.807, 2.05) is 0 Å². The molecule has 8 nitrogen and oxygen atoms in total. The predicted octanol–water partition coefficient (Wildman–Crippen LogP) is 2.29. The second-order valence-corrected chi connectivity index (χ2v) is 4.16. The summed E-state index contributed by atoms with van der Waals surface area (Å²) in [6.45, 7) is -1.55. The summed E-state index contributed by atoms with van der Waals surface area (Å²) in [5, 5.41) is 10.6. The Bertz CT molecular complexity index is 685. The first-order valence-electron chi connectivity index (χ1n) is 6.36. The normalized spacial score (nSPS) is 11.1. The third-order valence-electron chi connectivity index (χ3n) is 2.66. The summed E-state index contributed by atoms with van der Waals surface area (Å²) < 4.78 is 14.6. The molecule has 0 spiro atoms. The fraction of sp³-hybridized carbons (Fsp3) is 0.0667. The number of carbonyl (C=O) groups excluding carboxylic acids is 2. The summed E-state index contributed by atoms with van der Waals surface area (Å²) in [6, 6.07) is 13.0. The maximum atomic E-state index is 11.9. The standard InChI is InChI=1S/C15H11NO7/c17-10-21-15(23-14(18)11-4-2-1-3-5-11)22-13-8-6-12(7-9-13)16(19)20/h1-10,15H. The molecule has 2 aromatic rings. The summed E-state index contributed by atoms with van der Waals surface area (Å²) in [5.41, 5.74) is 0.116. The van der Waals surface area contributed by atoms with E-state index in [4.69, 9.17) is 9.47 Å². The number of hydrogen-bond acceptors (Lipinski definition) is 7. The molecule has 0 aliphatic heterocycles. The molecule has 0 fully saturated rings. The molecule has 0 aromatic heterocycles. The van der Waals surface area contributed by atoms with E-state index in [1.54, 1.807) is 18.2 Å². The largest absolute Gasteiger partial charge is 0.423 e. The molecule has 118 valence electrons. The molecule has 0 saturated carbocycles. The predicted molar refractivity (Wildman–Crippen MR) is 76.5 cm³/mol. The number of esters is 1. The topological polar surface area (TPSA) is 105 Å². The van der Waals surface area contributed by atoms with E-state index in [1.165, 1.54) is 36.4 Å². The summed E-state index contributed by atoms with van der Waals surface area (Å²) in [6.07, 6.45) is 0. The van der Waals surface area contributed by atoms with E-state index >= 15 is 0 Å². The SMILES string of the molecule is O=COC(OC(=O)c1ccccc1)Oc1ccc([N+](=O)[O-])cc1. The van der Waals surface area contributed by atoms with Crippen molar-refractivity contribution in [1.29, 1.82) is 0 Å². The van der Waals surface area contributed by atoms with Crippen molar-refractivity contribution in [3.8, 4) is 5.75 Å². The van der Waals surface area contributed by atoms with E-state index < -0.39 is 17.4 Å². The van der Waals surface area contributed by atoms with Gasteiger partial charge in [-0.15, -0.1) is 0 Å². The quantitative estimate of drug-likeness (QED) is 0.253. The van der Waals surface area contributed by atoms with E-state index in [-0.39, 0.29) is 23.5 Å². The van der Waals surface area contributed by atoms with Gasteiger partial charge in [-0.2, -0.15) is 0 Å². The third-order valence-corrected chi connectivity index (χ3v) is 2.66. The first-order chi connectivity index (χ1) is 11.1. The zero-order valence-corrected chi connectivity index (χ0v) is 11.7. The Kier molecular flexibility index (Phi) is 5.24. The van der Waals surface area contributed by atoms with Crippen LogP contribution in [0.5, 0.6) is 5.75 Å². The lowest BCUT2D eigenvalue weighted by Crippen LogP contribution is -2.27. The zero-order chi connectivity index (χ0) is 16.7. The molecule has 0 saturated heterocycles. The first-order valence-corrected chi connectivity index (χ1v) is 6.36. The monoisotopic (exact) mass is 317 g/mol. The van der Waals surface area contributed by atoms with Gasteiger partial charge in [-0.3, -0.25) is 14.9 Å². The highest BCUT2D eigenvalue weighted by atomic mass is 16.9. The lowest BCUT2D eigenvalue weighted by Gasteiger charge is -2.16. The van der Waals surface area contributed by atoms with Crippen molar-refractivity contribution >= 4 is 18.1 Å². The molecule has 0 bridgehead atoms. The molecule has 8 heteroatoms. The van der Waals surface area contributed by atoms with Crippen LogP contribution in [0, 0.1) is 10.1 Å². The van der Waals surface area contributed by atoms with E-state index in [0.717, 1.165) is 0 Å². The van der Waals surface area contributed by atoms with Crippen molar-refractivity contribution in [1.82, 2.24) is 0 Å². The molecule has 0 aliphatic rings. The smallest absolute Gasteiger partial charge is 0.410 e. The molecule has 2 rings (SSSR count). The lowest BCUT2D eigenvalue weighted by molar-refractivity contribution is -0.384. The molecule has 1 atom stereocenters. The Morgan fingerprint density at radius 3 is 2.30 bits per heavy atom. The van der Waals surface area contributed by atoms with Gasteiger partial charge in [0, 0.05) is 12.1 Å². The molecular weight excluding hydrogens is 306 g/mol. The van der Waals surface area contributed by atoms with Crippen molar-refractivity contribution in [2.45, 2.75) is 6.48 Å². The molecular formula is C15H11NO7. The summed E-state index contributed by atoms with van der Waals surface area (Å²) in [4.78, 5) is 32.4. The van der Waals surface area contributed by atoms with Crippen LogP contribution in [0.15, 0.2) is 54.6 Å². The van der Waals surface area contributed by atoms with Gasteiger partial charge in [0.1, 0.15) is 5.75 Å². The Morgan fingerprint density at radius 1 is 1.09 bits per heavy atom. The fourth-order valence-electron chi connectivity index (χ4n) is 1.61. The molecule has 2 aromatic carbocycles. The Morgan fingerprint density at radius 2 is 1.74 bits per heavy atom. The van der Waals surface area contributed by atoms with Crippen molar-refractivity contribution in [2.24, 2.45) is 0 Å². The highest BCUT2D eigenvalue weighted by Crippen LogP contribution is 2.19. The van der Waals surface area contributed by atoms with Crippen LogP contribution in [0.2, 0.25) is 0 Å². The van der Waals surface area contributed by atoms with E-state index in [9.17, 15) is 19.7 Å². The fourth-order valence-corrected chi connectivity index (χ4v) is 1.61. The molecule has 0 N–H and O–H groups in total. The number of nitro groups is 1. The van der Waals surface area contributed by atoms with Gasteiger partial charge in [0.25, 0.3) is 12.2 Å². The van der Waals surface area contributed by atoms with E-state index in [0.29, 0.717) is 0 Å². The third kappa shape index (κ3) is 4.53. The highest BCUT2D eigenvalue weighted by Gasteiger charge is 2.19. The maximum absolute atomic E-state index is 11.9. The minimum Gasteiger partial charge on any atom is -0.423 e. The zero-order valence-electron chi connectivity index (χ0n) is 11.7. The minimum absolute atomic E-state index is 0.0638. The van der Waals surface area contributed by atoms with Crippen LogP contribution in [0.3, 0.4) is 0 Å². The van der Waals surface area contributed by atoms with Crippen LogP contribution < -0.4 is 4.74 Å². The molecule has 0 heterocycles. The summed E-state index contributed by atoms with van der Waals surface area (Å²) in [5.74, 6) is -0.623. The summed E-state index contributed by atoms with van der Waals surface area (Å²) in [7, 11) is 0. The number of hydrogen-bond donors (Lipinski definition) is 0. The van der Waals surface area contributed by atoms with Gasteiger partial charge >= 0.3 is 12.4 Å². The first kappa shape index (κ1) is 16.0. The van der Waals surface area contributed by atoms with Crippen LogP contribution in [0.4, 0.5) is 5.69 Å². The van der Waals surface area contributed by atoms with Gasteiger partial charge in [-0.05, 0) is 24.3 Å². The Labute approximate surface area is 130 Å². The van der Waals surface area contributed by atoms with Crippen LogP contribution in [0.1, 0.15) is 10.4 Å². The number of nitrogens with zero attached hydrogens (tertiary/aromatic N) is 1. The second-order valence-electron chi connectivity index (χ2n) is 4.16. The maximum Gasteiger partial charge on any atom is 0.410 e. The van der Waals surface area contributed by atoms with Crippen LogP contribution in [0.25, 0.3) is 0 Å². The Hall–Kier alpha value is -3.42. The molecule has 1 unspecified atom stereocenters. The molecule has 23 heavy (non-hydrogen) atoms. The average molecular weight is 317 g/mol. The molecule has 0 aliphatic carbocycles. The summed E-state index contributed by atoms with van der Waals surface area (Å²) >= 11 is 0. The second kappa shape index (κ2) is 7.55. The van der Waals surface area contributed by atoms with Gasteiger partial charge in [0.15, 0.2) is 0 Å². The minimum atomic E-state index is -1.61. The highest BCUT2D eigenvalue weighted by molar-refractivity contribution is 5.89. The lowest BCUT2D eigenvalue weighted by atomic mass is 10.2. The van der Waals surface area contributed by atoms with Crippen LogP contribution in [-0.4, -0.2) is 23.8 Å². The number of ether oxygens (including phenoxy) is 3. The van der Waals surface area contributed by atoms with Gasteiger partial charge in [0.2, 0.25) is 0 Å². The van der Waals surface area contributed by atoms with Crippen molar-refractivity contribution in [3.63, 3.8) is 0 Å². The van der Waals surface area contributed by atoms with Crippen molar-refractivity contribution in [2.75, 3.05) is 0 Å². The molecule has 0 radical (unpaired) electrons. The van der Waals surface area contributed by atoms with Crippen LogP contribution >= 0.6 is 0 Å². The van der Waals surface area contributed by atoms with Gasteiger partial charge in [0.05, 0.1) is 10.5 Å². The number of rotatable bonds is 7. The van der Waals surface area contributed by atoms with Gasteiger partial charge in [-0.25, -0.2) is 4.79 Å². The number of carbonyl (C=O) groups is 2.